The Morgan fingerprint density at radius 3 is 2.37 bits per heavy atom. The molecule has 1 aliphatic rings. The molecule has 2 aromatic carbocycles. The second-order valence-corrected chi connectivity index (χ2v) is 8.71. The molecule has 1 unspecified atom stereocenters. The summed E-state index contributed by atoms with van der Waals surface area (Å²) in [6.45, 7) is 2.48. The second-order valence-electron chi connectivity index (χ2n) is 6.70. The molecule has 0 bridgehead atoms. The summed E-state index contributed by atoms with van der Waals surface area (Å²) in [5.74, 6) is -0.238. The number of hydrogen-bond acceptors (Lipinski definition) is 3. The van der Waals surface area contributed by atoms with E-state index in [9.17, 15) is 17.6 Å². The van der Waals surface area contributed by atoms with Gasteiger partial charge >= 0.3 is 0 Å². The first kappa shape index (κ1) is 19.4. The molecule has 3 rings (SSSR count). The third-order valence-corrected chi connectivity index (χ3v) is 6.67. The molecule has 1 atom stereocenters. The van der Waals surface area contributed by atoms with Gasteiger partial charge in [0.05, 0.1) is 11.4 Å². The van der Waals surface area contributed by atoms with Gasteiger partial charge in [0, 0.05) is 18.7 Å². The monoisotopic (exact) mass is 390 g/mol. The number of carbonyl (C=O) groups excluding carboxylic acids is 1. The van der Waals surface area contributed by atoms with Crippen molar-refractivity contribution in [2.75, 3.05) is 21.9 Å². The summed E-state index contributed by atoms with van der Waals surface area (Å²) in [6, 6.07) is 13.1. The largest absolute Gasteiger partial charge is 0.326 e. The number of carbonyl (C=O) groups is 1. The molecule has 7 heteroatoms. The van der Waals surface area contributed by atoms with Gasteiger partial charge in [0.1, 0.15) is 5.82 Å². The lowest BCUT2D eigenvalue weighted by Crippen LogP contribution is -2.25. The molecule has 1 amide bonds. The van der Waals surface area contributed by atoms with Crippen LogP contribution in [0, 0.1) is 5.82 Å². The van der Waals surface area contributed by atoms with Crippen LogP contribution in [0.3, 0.4) is 0 Å². The molecule has 0 radical (unpaired) electrons. The number of halogens is 1. The molecule has 0 saturated carbocycles. The first-order valence-electron chi connectivity index (χ1n) is 9.05. The van der Waals surface area contributed by atoms with E-state index in [1.54, 1.807) is 36.4 Å². The van der Waals surface area contributed by atoms with E-state index in [1.807, 2.05) is 6.92 Å². The van der Waals surface area contributed by atoms with Gasteiger partial charge in [-0.15, -0.1) is 0 Å². The molecule has 0 aromatic heterocycles. The fraction of sp³-hybridized carbons (Fsp3) is 0.350. The predicted octanol–water partition coefficient (Wildman–Crippen LogP) is 3.89. The van der Waals surface area contributed by atoms with Crippen molar-refractivity contribution in [3.8, 4) is 0 Å². The highest BCUT2D eigenvalue weighted by atomic mass is 32.2. The predicted molar refractivity (Wildman–Crippen MR) is 105 cm³/mol. The average Bonchev–Trinajstić information content (AvgIpc) is 3.00. The normalized spacial score (nSPS) is 16.9. The van der Waals surface area contributed by atoms with E-state index in [1.165, 1.54) is 16.4 Å². The lowest BCUT2D eigenvalue weighted by Gasteiger charge is -2.18. The Bertz CT molecular complexity index is 896. The van der Waals surface area contributed by atoms with Crippen LogP contribution in [-0.4, -0.2) is 26.6 Å². The van der Waals surface area contributed by atoms with Crippen LogP contribution in [0.15, 0.2) is 48.5 Å². The van der Waals surface area contributed by atoms with Gasteiger partial charge in [-0.2, -0.15) is 0 Å². The third kappa shape index (κ3) is 4.66. The SMILES string of the molecule is CCC(CC(=O)Nc1ccc(N2CCCS2(=O)=O)cc1)c1ccc(F)cc1. The van der Waals surface area contributed by atoms with E-state index in [2.05, 4.69) is 5.32 Å². The maximum atomic E-state index is 13.1. The maximum Gasteiger partial charge on any atom is 0.235 e. The molecular formula is C20H23FN2O3S. The van der Waals surface area contributed by atoms with Crippen molar-refractivity contribution in [2.24, 2.45) is 0 Å². The molecule has 144 valence electrons. The zero-order valence-electron chi connectivity index (χ0n) is 15.2. The highest BCUT2D eigenvalue weighted by Gasteiger charge is 2.28. The molecule has 1 saturated heterocycles. The first-order chi connectivity index (χ1) is 12.9. The van der Waals surface area contributed by atoms with Gasteiger partial charge < -0.3 is 5.32 Å². The number of hydrogen-bond donors (Lipinski definition) is 1. The maximum absolute atomic E-state index is 13.1. The van der Waals surface area contributed by atoms with Gasteiger partial charge in [0.25, 0.3) is 0 Å². The smallest absolute Gasteiger partial charge is 0.235 e. The third-order valence-electron chi connectivity index (χ3n) is 4.80. The zero-order valence-corrected chi connectivity index (χ0v) is 16.0. The van der Waals surface area contributed by atoms with Crippen molar-refractivity contribution in [1.29, 1.82) is 0 Å². The fourth-order valence-corrected chi connectivity index (χ4v) is 4.87. The van der Waals surface area contributed by atoms with Crippen molar-refractivity contribution in [1.82, 2.24) is 0 Å². The van der Waals surface area contributed by atoms with Crippen LogP contribution in [0.4, 0.5) is 15.8 Å². The number of nitrogens with zero attached hydrogens (tertiary/aromatic N) is 1. The Balaban J connectivity index is 1.62. The number of rotatable bonds is 6. The lowest BCUT2D eigenvalue weighted by atomic mass is 9.93. The molecule has 1 heterocycles. The minimum absolute atomic E-state index is 0.0135. The van der Waals surface area contributed by atoms with Crippen molar-refractivity contribution >= 4 is 27.3 Å². The summed E-state index contributed by atoms with van der Waals surface area (Å²) < 4.78 is 38.4. The Labute approximate surface area is 159 Å². The van der Waals surface area contributed by atoms with Crippen LogP contribution in [0.2, 0.25) is 0 Å². The average molecular weight is 390 g/mol. The van der Waals surface area contributed by atoms with E-state index in [0.717, 1.165) is 12.0 Å². The van der Waals surface area contributed by atoms with E-state index in [4.69, 9.17) is 0 Å². The van der Waals surface area contributed by atoms with Crippen LogP contribution in [0.5, 0.6) is 0 Å². The van der Waals surface area contributed by atoms with Gasteiger partial charge in [-0.1, -0.05) is 19.1 Å². The van der Waals surface area contributed by atoms with Gasteiger partial charge in [-0.3, -0.25) is 9.10 Å². The summed E-state index contributed by atoms with van der Waals surface area (Å²) in [5, 5.41) is 2.85. The Morgan fingerprint density at radius 1 is 1.15 bits per heavy atom. The molecular weight excluding hydrogens is 367 g/mol. The van der Waals surface area contributed by atoms with Crippen LogP contribution >= 0.6 is 0 Å². The lowest BCUT2D eigenvalue weighted by molar-refractivity contribution is -0.116. The Morgan fingerprint density at radius 2 is 1.81 bits per heavy atom. The fourth-order valence-electron chi connectivity index (χ4n) is 3.31. The van der Waals surface area contributed by atoms with Crippen LogP contribution in [-0.2, 0) is 14.8 Å². The van der Waals surface area contributed by atoms with E-state index < -0.39 is 10.0 Å². The highest BCUT2D eigenvalue weighted by molar-refractivity contribution is 7.93. The van der Waals surface area contributed by atoms with Gasteiger partial charge in [0.15, 0.2) is 0 Å². The van der Waals surface area contributed by atoms with Gasteiger partial charge in [0.2, 0.25) is 15.9 Å². The van der Waals surface area contributed by atoms with E-state index in [0.29, 0.717) is 30.8 Å². The summed E-state index contributed by atoms with van der Waals surface area (Å²) >= 11 is 0. The van der Waals surface area contributed by atoms with Gasteiger partial charge in [-0.05, 0) is 60.7 Å². The molecule has 1 N–H and O–H groups in total. The number of nitrogens with one attached hydrogen (secondary N) is 1. The summed E-state index contributed by atoms with van der Waals surface area (Å²) in [7, 11) is -3.21. The van der Waals surface area contributed by atoms with E-state index in [-0.39, 0.29) is 23.4 Å². The molecule has 1 aliphatic heterocycles. The summed E-state index contributed by atoms with van der Waals surface area (Å²) in [5.41, 5.74) is 2.17. The van der Waals surface area contributed by atoms with Crippen molar-refractivity contribution in [3.05, 3.63) is 59.9 Å². The van der Waals surface area contributed by atoms with Gasteiger partial charge in [-0.25, -0.2) is 12.8 Å². The highest BCUT2D eigenvalue weighted by Crippen LogP contribution is 2.27. The molecule has 1 fully saturated rings. The summed E-state index contributed by atoms with van der Waals surface area (Å²) in [4.78, 5) is 12.4. The van der Waals surface area contributed by atoms with Crippen LogP contribution in [0.1, 0.15) is 37.7 Å². The first-order valence-corrected chi connectivity index (χ1v) is 10.7. The second kappa shape index (κ2) is 8.08. The number of sulfonamides is 1. The van der Waals surface area contributed by atoms with Crippen molar-refractivity contribution in [3.63, 3.8) is 0 Å². The number of anilines is 2. The van der Waals surface area contributed by atoms with E-state index >= 15 is 0 Å². The van der Waals surface area contributed by atoms with Crippen LogP contribution < -0.4 is 9.62 Å². The quantitative estimate of drug-likeness (QED) is 0.814. The van der Waals surface area contributed by atoms with Crippen molar-refractivity contribution < 1.29 is 17.6 Å². The molecule has 0 spiro atoms. The zero-order chi connectivity index (χ0) is 19.4. The Kier molecular flexibility index (Phi) is 5.79. The number of amides is 1. The minimum atomic E-state index is -3.21. The minimum Gasteiger partial charge on any atom is -0.326 e. The molecule has 2 aromatic rings. The topological polar surface area (TPSA) is 66.5 Å². The van der Waals surface area contributed by atoms with Crippen molar-refractivity contribution in [2.45, 2.75) is 32.1 Å². The molecule has 27 heavy (non-hydrogen) atoms. The summed E-state index contributed by atoms with van der Waals surface area (Å²) in [6.07, 6.45) is 1.69. The number of benzene rings is 2. The molecule has 5 nitrogen and oxygen atoms in total. The van der Waals surface area contributed by atoms with Crippen LogP contribution in [0.25, 0.3) is 0 Å². The standard InChI is InChI=1S/C20H23FN2O3S/c1-2-15(16-4-6-17(21)7-5-16)14-20(24)22-18-8-10-19(11-9-18)23-12-3-13-27(23,25)26/h4-11,15H,2-3,12-14H2,1H3,(H,22,24). The Hall–Kier alpha value is -2.41. The molecule has 0 aliphatic carbocycles.